The van der Waals surface area contributed by atoms with Crippen LogP contribution in [0.3, 0.4) is 0 Å². The predicted octanol–water partition coefficient (Wildman–Crippen LogP) is 3.76. The second-order valence-corrected chi connectivity index (χ2v) is 2.95. The Labute approximate surface area is 84.4 Å². The Morgan fingerprint density at radius 3 is 2.50 bits per heavy atom. The molecule has 0 spiro atoms. The number of para-hydroxylation sites is 1. The maximum atomic E-state index is 12.4. The van der Waals surface area contributed by atoms with Crippen molar-refractivity contribution in [3.05, 3.63) is 28.8 Å². The molecule has 0 amide bonds. The fraction of sp³-hybridized carbons (Fsp3) is 0.333. The summed E-state index contributed by atoms with van der Waals surface area (Å²) in [7, 11) is 0. The van der Waals surface area contributed by atoms with Crippen LogP contribution in [-0.4, -0.2) is 6.61 Å². The van der Waals surface area contributed by atoms with Crippen molar-refractivity contribution < 1.29 is 17.9 Å². The molecule has 0 atom stereocenters. The highest BCUT2D eigenvalue weighted by Gasteiger charge is 2.35. The van der Waals surface area contributed by atoms with Gasteiger partial charge in [-0.05, 0) is 19.1 Å². The largest absolute Gasteiger partial charge is 0.492 e. The van der Waals surface area contributed by atoms with Gasteiger partial charge in [0.2, 0.25) is 0 Å². The van der Waals surface area contributed by atoms with E-state index in [1.165, 1.54) is 12.1 Å². The number of ether oxygens (including phenoxy) is 1. The van der Waals surface area contributed by atoms with E-state index in [9.17, 15) is 13.2 Å². The van der Waals surface area contributed by atoms with Gasteiger partial charge in [0.05, 0.1) is 17.2 Å². The summed E-state index contributed by atoms with van der Waals surface area (Å²) in [6.07, 6.45) is -4.44. The number of rotatable bonds is 2. The number of alkyl halides is 3. The normalized spacial score (nSPS) is 11.5. The zero-order valence-corrected chi connectivity index (χ0v) is 8.12. The third-order valence-corrected chi connectivity index (χ3v) is 1.86. The summed E-state index contributed by atoms with van der Waals surface area (Å²) < 4.78 is 42.1. The third kappa shape index (κ3) is 2.32. The van der Waals surface area contributed by atoms with E-state index in [-0.39, 0.29) is 17.4 Å². The van der Waals surface area contributed by atoms with Gasteiger partial charge in [0.1, 0.15) is 5.75 Å². The molecule has 0 radical (unpaired) electrons. The standard InChI is InChI=1S/C9H8ClF3O/c1-2-14-8-6(9(11,12)13)4-3-5-7(8)10/h3-5H,2H2,1H3. The first-order valence-corrected chi connectivity index (χ1v) is 4.33. The molecule has 0 N–H and O–H groups in total. The summed E-state index contributed by atoms with van der Waals surface area (Å²) >= 11 is 5.59. The molecule has 1 aromatic rings. The van der Waals surface area contributed by atoms with Crippen molar-refractivity contribution in [2.24, 2.45) is 0 Å². The van der Waals surface area contributed by atoms with Gasteiger partial charge in [-0.3, -0.25) is 0 Å². The van der Waals surface area contributed by atoms with Crippen molar-refractivity contribution in [1.82, 2.24) is 0 Å². The molecular weight excluding hydrogens is 217 g/mol. The average molecular weight is 225 g/mol. The zero-order valence-electron chi connectivity index (χ0n) is 7.36. The molecule has 0 unspecified atom stereocenters. The van der Waals surface area contributed by atoms with Crippen LogP contribution in [0.2, 0.25) is 5.02 Å². The van der Waals surface area contributed by atoms with Crippen LogP contribution in [0.4, 0.5) is 13.2 Å². The predicted molar refractivity (Wildman–Crippen MR) is 47.6 cm³/mol. The highest BCUT2D eigenvalue weighted by atomic mass is 35.5. The second-order valence-electron chi connectivity index (χ2n) is 2.55. The van der Waals surface area contributed by atoms with Crippen LogP contribution in [0, 0.1) is 0 Å². The van der Waals surface area contributed by atoms with Gasteiger partial charge in [-0.15, -0.1) is 0 Å². The molecule has 78 valence electrons. The Hall–Kier alpha value is -0.900. The molecule has 0 heterocycles. The lowest BCUT2D eigenvalue weighted by Crippen LogP contribution is -2.08. The zero-order chi connectivity index (χ0) is 10.8. The van der Waals surface area contributed by atoms with Crippen molar-refractivity contribution >= 4 is 11.6 Å². The lowest BCUT2D eigenvalue weighted by Gasteiger charge is -2.13. The van der Waals surface area contributed by atoms with E-state index >= 15 is 0 Å². The molecule has 0 saturated heterocycles. The average Bonchev–Trinajstić information content (AvgIpc) is 2.07. The van der Waals surface area contributed by atoms with Gasteiger partial charge in [0.25, 0.3) is 0 Å². The van der Waals surface area contributed by atoms with Crippen LogP contribution in [0.1, 0.15) is 12.5 Å². The van der Waals surface area contributed by atoms with Gasteiger partial charge in [0.15, 0.2) is 0 Å². The lowest BCUT2D eigenvalue weighted by molar-refractivity contribution is -0.138. The Kier molecular flexibility index (Phi) is 3.26. The van der Waals surface area contributed by atoms with E-state index in [4.69, 9.17) is 16.3 Å². The Morgan fingerprint density at radius 2 is 2.00 bits per heavy atom. The van der Waals surface area contributed by atoms with Crippen LogP contribution in [0.25, 0.3) is 0 Å². The van der Waals surface area contributed by atoms with E-state index in [2.05, 4.69) is 0 Å². The minimum absolute atomic E-state index is 0.0262. The maximum Gasteiger partial charge on any atom is 0.420 e. The Morgan fingerprint density at radius 1 is 1.36 bits per heavy atom. The van der Waals surface area contributed by atoms with Crippen LogP contribution in [0.15, 0.2) is 18.2 Å². The summed E-state index contributed by atoms with van der Waals surface area (Å²) in [4.78, 5) is 0. The topological polar surface area (TPSA) is 9.23 Å². The minimum Gasteiger partial charge on any atom is -0.492 e. The summed E-state index contributed by atoms with van der Waals surface area (Å²) in [5, 5.41) is -0.0262. The van der Waals surface area contributed by atoms with Crippen molar-refractivity contribution in [3.63, 3.8) is 0 Å². The molecule has 0 aliphatic heterocycles. The smallest absolute Gasteiger partial charge is 0.420 e. The molecule has 0 aliphatic carbocycles. The van der Waals surface area contributed by atoms with Crippen LogP contribution >= 0.6 is 11.6 Å². The number of benzene rings is 1. The SMILES string of the molecule is CCOc1c(Cl)cccc1C(F)(F)F. The lowest BCUT2D eigenvalue weighted by atomic mass is 10.2. The monoisotopic (exact) mass is 224 g/mol. The van der Waals surface area contributed by atoms with Crippen LogP contribution in [-0.2, 0) is 6.18 Å². The molecule has 1 aromatic carbocycles. The molecule has 0 aliphatic rings. The Bertz CT molecular complexity index is 322. The summed E-state index contributed by atoms with van der Waals surface area (Å²) in [5.41, 5.74) is -0.841. The second kappa shape index (κ2) is 4.09. The Balaban J connectivity index is 3.21. The first-order valence-electron chi connectivity index (χ1n) is 3.95. The first-order chi connectivity index (χ1) is 6.46. The van der Waals surface area contributed by atoms with Gasteiger partial charge >= 0.3 is 6.18 Å². The van der Waals surface area contributed by atoms with Crippen LogP contribution < -0.4 is 4.74 Å². The van der Waals surface area contributed by atoms with E-state index in [0.717, 1.165) is 6.07 Å². The van der Waals surface area contributed by atoms with Gasteiger partial charge in [-0.2, -0.15) is 13.2 Å². The molecule has 14 heavy (non-hydrogen) atoms. The molecule has 1 nitrogen and oxygen atoms in total. The fourth-order valence-corrected chi connectivity index (χ4v) is 1.25. The maximum absolute atomic E-state index is 12.4. The van der Waals surface area contributed by atoms with E-state index in [1.807, 2.05) is 0 Å². The molecule has 0 fully saturated rings. The number of hydrogen-bond acceptors (Lipinski definition) is 1. The summed E-state index contributed by atoms with van der Waals surface area (Å²) in [5.74, 6) is -0.302. The van der Waals surface area contributed by atoms with Gasteiger partial charge in [-0.25, -0.2) is 0 Å². The van der Waals surface area contributed by atoms with E-state index < -0.39 is 11.7 Å². The quantitative estimate of drug-likeness (QED) is 0.743. The molecule has 1 rings (SSSR count). The number of hydrogen-bond donors (Lipinski definition) is 0. The van der Waals surface area contributed by atoms with Gasteiger partial charge < -0.3 is 4.74 Å². The van der Waals surface area contributed by atoms with Crippen molar-refractivity contribution in [2.45, 2.75) is 13.1 Å². The van der Waals surface area contributed by atoms with E-state index in [0.29, 0.717) is 0 Å². The van der Waals surface area contributed by atoms with E-state index in [1.54, 1.807) is 6.92 Å². The fourth-order valence-electron chi connectivity index (χ4n) is 1.02. The van der Waals surface area contributed by atoms with Crippen molar-refractivity contribution in [2.75, 3.05) is 6.61 Å². The highest BCUT2D eigenvalue weighted by Crippen LogP contribution is 2.39. The molecule has 5 heteroatoms. The van der Waals surface area contributed by atoms with Gasteiger partial charge in [-0.1, -0.05) is 17.7 Å². The molecule has 0 aromatic heterocycles. The number of halogens is 4. The molecule has 0 saturated carbocycles. The van der Waals surface area contributed by atoms with Gasteiger partial charge in [0, 0.05) is 0 Å². The first kappa shape index (κ1) is 11.2. The van der Waals surface area contributed by atoms with Crippen LogP contribution in [0.5, 0.6) is 5.75 Å². The molecule has 0 bridgehead atoms. The van der Waals surface area contributed by atoms with Crippen molar-refractivity contribution in [3.8, 4) is 5.75 Å². The molecular formula is C9H8ClF3O. The highest BCUT2D eigenvalue weighted by molar-refractivity contribution is 6.32. The summed E-state index contributed by atoms with van der Waals surface area (Å²) in [6.45, 7) is 1.75. The minimum atomic E-state index is -4.44. The van der Waals surface area contributed by atoms with Crippen molar-refractivity contribution in [1.29, 1.82) is 0 Å². The summed E-state index contributed by atoms with van der Waals surface area (Å²) in [6, 6.07) is 3.55. The third-order valence-electron chi connectivity index (χ3n) is 1.56.